The van der Waals surface area contributed by atoms with Crippen LogP contribution in [0.3, 0.4) is 0 Å². The van der Waals surface area contributed by atoms with E-state index in [-0.39, 0.29) is 29.6 Å². The molecule has 0 fully saturated rings. The lowest BCUT2D eigenvalue weighted by molar-refractivity contribution is -0.140. The third-order valence-corrected chi connectivity index (χ3v) is 7.54. The molecule has 3 aromatic rings. The minimum atomic E-state index is -3.89. The number of para-hydroxylation sites is 1. The van der Waals surface area contributed by atoms with Crippen molar-refractivity contribution in [3.05, 3.63) is 100 Å². The van der Waals surface area contributed by atoms with Crippen LogP contribution in [0.1, 0.15) is 24.5 Å². The summed E-state index contributed by atoms with van der Waals surface area (Å²) in [4.78, 5) is 28.8. The van der Waals surface area contributed by atoms with Crippen molar-refractivity contribution >= 4 is 50.7 Å². The lowest BCUT2D eigenvalue weighted by Crippen LogP contribution is -2.53. The Kier molecular flexibility index (Phi) is 10.6. The smallest absolute Gasteiger partial charge is 0.244 e. The molecule has 0 aliphatic carbocycles. The summed E-state index contributed by atoms with van der Waals surface area (Å²) >= 11 is 12.5. The first kappa shape index (κ1) is 29.5. The summed E-state index contributed by atoms with van der Waals surface area (Å²) < 4.78 is 26.5. The Morgan fingerprint density at radius 2 is 1.58 bits per heavy atom. The van der Waals surface area contributed by atoms with Gasteiger partial charge in [-0.15, -0.1) is 0 Å². The molecule has 0 aliphatic rings. The van der Waals surface area contributed by atoms with Gasteiger partial charge in [0.15, 0.2) is 0 Å². The van der Waals surface area contributed by atoms with Crippen molar-refractivity contribution in [1.29, 1.82) is 0 Å². The minimum Gasteiger partial charge on any atom is -0.354 e. The van der Waals surface area contributed by atoms with Gasteiger partial charge in [-0.05, 0) is 41.8 Å². The first-order chi connectivity index (χ1) is 18.1. The van der Waals surface area contributed by atoms with Crippen LogP contribution in [0.2, 0.25) is 10.0 Å². The highest BCUT2D eigenvalue weighted by Crippen LogP contribution is 2.28. The van der Waals surface area contributed by atoms with Crippen LogP contribution < -0.4 is 9.62 Å². The van der Waals surface area contributed by atoms with E-state index >= 15 is 0 Å². The molecule has 2 amide bonds. The molecule has 1 atom stereocenters. The van der Waals surface area contributed by atoms with Crippen LogP contribution in [-0.4, -0.2) is 50.5 Å². The summed E-state index contributed by atoms with van der Waals surface area (Å²) in [6, 6.07) is 21.9. The van der Waals surface area contributed by atoms with E-state index in [9.17, 15) is 18.0 Å². The van der Waals surface area contributed by atoms with Gasteiger partial charge in [0, 0.05) is 24.5 Å². The Morgan fingerprint density at radius 3 is 2.21 bits per heavy atom. The largest absolute Gasteiger partial charge is 0.354 e. The van der Waals surface area contributed by atoms with Gasteiger partial charge in [-0.25, -0.2) is 8.42 Å². The van der Waals surface area contributed by atoms with Crippen LogP contribution >= 0.6 is 23.2 Å². The lowest BCUT2D eigenvalue weighted by atomic mass is 10.0. The molecular weight excluding hydrogens is 545 g/mol. The Balaban J connectivity index is 2.05. The zero-order valence-electron chi connectivity index (χ0n) is 21.3. The van der Waals surface area contributed by atoms with E-state index in [4.69, 9.17) is 23.2 Å². The zero-order chi connectivity index (χ0) is 27.7. The summed E-state index contributed by atoms with van der Waals surface area (Å²) in [6.45, 7) is 1.90. The maximum atomic E-state index is 13.9. The summed E-state index contributed by atoms with van der Waals surface area (Å²) in [5.41, 5.74) is 1.75. The van der Waals surface area contributed by atoms with Gasteiger partial charge in [-0.2, -0.15) is 0 Å². The third kappa shape index (κ3) is 8.21. The normalized spacial score (nSPS) is 12.0. The van der Waals surface area contributed by atoms with Gasteiger partial charge in [0.2, 0.25) is 21.8 Å². The average molecular weight is 577 g/mol. The van der Waals surface area contributed by atoms with E-state index in [0.717, 1.165) is 22.5 Å². The fourth-order valence-corrected chi connectivity index (χ4v) is 5.36. The summed E-state index contributed by atoms with van der Waals surface area (Å²) in [6.07, 6.45) is 1.98. The number of nitrogens with zero attached hydrogens (tertiary/aromatic N) is 2. The molecule has 1 N–H and O–H groups in total. The van der Waals surface area contributed by atoms with Gasteiger partial charge in [0.25, 0.3) is 0 Å². The van der Waals surface area contributed by atoms with Crippen molar-refractivity contribution in [1.82, 2.24) is 10.2 Å². The number of halogens is 2. The Hall–Kier alpha value is -3.07. The average Bonchev–Trinajstić information content (AvgIpc) is 2.88. The van der Waals surface area contributed by atoms with Crippen molar-refractivity contribution in [3.63, 3.8) is 0 Å². The second-order valence-corrected chi connectivity index (χ2v) is 11.6. The van der Waals surface area contributed by atoms with E-state index in [1.807, 2.05) is 37.3 Å². The summed E-state index contributed by atoms with van der Waals surface area (Å²) in [7, 11) is -3.89. The number of amides is 2. The molecule has 3 aromatic carbocycles. The van der Waals surface area contributed by atoms with Crippen LogP contribution in [0.5, 0.6) is 0 Å². The van der Waals surface area contributed by atoms with Gasteiger partial charge >= 0.3 is 0 Å². The molecular formula is C28H31Cl2N3O4S. The van der Waals surface area contributed by atoms with E-state index in [1.54, 1.807) is 42.5 Å². The van der Waals surface area contributed by atoms with Crippen molar-refractivity contribution in [2.75, 3.05) is 23.7 Å². The Bertz CT molecular complexity index is 1350. The van der Waals surface area contributed by atoms with E-state index in [2.05, 4.69) is 5.32 Å². The molecule has 0 aromatic heterocycles. The van der Waals surface area contributed by atoms with Crippen molar-refractivity contribution in [2.45, 2.75) is 32.4 Å². The highest BCUT2D eigenvalue weighted by Gasteiger charge is 2.33. The molecule has 3 rings (SSSR count). The predicted octanol–water partition coefficient (Wildman–Crippen LogP) is 4.93. The number of anilines is 1. The molecule has 10 heteroatoms. The molecule has 0 heterocycles. The maximum Gasteiger partial charge on any atom is 0.244 e. The molecule has 0 saturated heterocycles. The standard InChI is InChI=1S/C28H31Cl2N3O4S/c1-3-16-31-28(35)26(18-21-10-5-4-6-11-21)32(19-22-12-9-13-23(29)17-22)27(34)20-33(38(2,36)37)25-15-8-7-14-24(25)30/h4-15,17,26H,3,16,18-20H2,1-2H3,(H,31,35)/t26-/m0/s1. The van der Waals surface area contributed by atoms with E-state index in [1.165, 1.54) is 11.0 Å². The molecule has 202 valence electrons. The van der Waals surface area contributed by atoms with Gasteiger partial charge in [0.1, 0.15) is 12.6 Å². The van der Waals surface area contributed by atoms with Crippen LogP contribution in [0.15, 0.2) is 78.9 Å². The monoisotopic (exact) mass is 575 g/mol. The Morgan fingerprint density at radius 1 is 0.921 bits per heavy atom. The zero-order valence-corrected chi connectivity index (χ0v) is 23.6. The number of hydrogen-bond donors (Lipinski definition) is 1. The maximum absolute atomic E-state index is 13.9. The van der Waals surface area contributed by atoms with Gasteiger partial charge in [-0.3, -0.25) is 13.9 Å². The topological polar surface area (TPSA) is 86.8 Å². The minimum absolute atomic E-state index is 0.0521. The SMILES string of the molecule is CCCNC(=O)[C@H](Cc1ccccc1)N(Cc1cccc(Cl)c1)C(=O)CN(c1ccccc1Cl)S(C)(=O)=O. The highest BCUT2D eigenvalue weighted by atomic mass is 35.5. The molecule has 0 aliphatic heterocycles. The number of carbonyl (C=O) groups excluding carboxylic acids is 2. The first-order valence-corrected chi connectivity index (χ1v) is 14.8. The third-order valence-electron chi connectivity index (χ3n) is 5.86. The van der Waals surface area contributed by atoms with Crippen LogP contribution in [0.25, 0.3) is 0 Å². The molecule has 0 saturated carbocycles. The predicted molar refractivity (Wildman–Crippen MR) is 153 cm³/mol. The summed E-state index contributed by atoms with van der Waals surface area (Å²) in [5.74, 6) is -0.877. The Labute approximate surface area is 234 Å². The highest BCUT2D eigenvalue weighted by molar-refractivity contribution is 7.92. The van der Waals surface area contributed by atoms with Crippen LogP contribution in [0.4, 0.5) is 5.69 Å². The number of benzene rings is 3. The number of hydrogen-bond acceptors (Lipinski definition) is 4. The molecule has 7 nitrogen and oxygen atoms in total. The summed E-state index contributed by atoms with van der Waals surface area (Å²) in [5, 5.41) is 3.57. The molecule has 0 radical (unpaired) electrons. The van der Waals surface area contributed by atoms with Gasteiger partial charge in [-0.1, -0.05) is 84.7 Å². The van der Waals surface area contributed by atoms with E-state index < -0.39 is 28.5 Å². The quantitative estimate of drug-likeness (QED) is 0.332. The first-order valence-electron chi connectivity index (χ1n) is 12.2. The number of sulfonamides is 1. The van der Waals surface area contributed by atoms with Crippen molar-refractivity contribution in [2.24, 2.45) is 0 Å². The molecule has 0 unspecified atom stereocenters. The number of rotatable bonds is 12. The fraction of sp³-hybridized carbons (Fsp3) is 0.286. The van der Waals surface area contributed by atoms with Crippen LogP contribution in [0, 0.1) is 0 Å². The second-order valence-electron chi connectivity index (χ2n) is 8.87. The lowest BCUT2D eigenvalue weighted by Gasteiger charge is -2.33. The fourth-order valence-electron chi connectivity index (χ4n) is 4.00. The van der Waals surface area contributed by atoms with Crippen LogP contribution in [-0.2, 0) is 32.6 Å². The second kappa shape index (κ2) is 13.6. The van der Waals surface area contributed by atoms with Gasteiger partial charge < -0.3 is 10.2 Å². The number of nitrogens with one attached hydrogen (secondary N) is 1. The molecule has 0 spiro atoms. The van der Waals surface area contributed by atoms with Gasteiger partial charge in [0.05, 0.1) is 17.0 Å². The van der Waals surface area contributed by atoms with E-state index in [0.29, 0.717) is 17.1 Å². The van der Waals surface area contributed by atoms with Crippen molar-refractivity contribution < 1.29 is 18.0 Å². The molecule has 0 bridgehead atoms. The van der Waals surface area contributed by atoms with Crippen molar-refractivity contribution in [3.8, 4) is 0 Å². The number of carbonyl (C=O) groups is 2. The molecule has 38 heavy (non-hydrogen) atoms.